The standard InChI is InChI=1S/C21H21BrF3N3O3S/c1-4-28-18(12-26-20(28)31-16-8-5-13(2)6-9-16)14(3)27-32(29,30)19-10-7-15(22)11-17(19)21(23,24)25/h5-12,14,27H,4H2,1-3H3. The third-order valence-corrected chi connectivity index (χ3v) is 6.80. The first-order valence-corrected chi connectivity index (χ1v) is 11.9. The van der Waals surface area contributed by atoms with Crippen LogP contribution < -0.4 is 9.46 Å². The molecular weight excluding hydrogens is 511 g/mol. The smallest absolute Gasteiger partial charge is 0.417 e. The molecule has 1 aromatic heterocycles. The normalized spacial score (nSPS) is 13.2. The molecule has 0 radical (unpaired) electrons. The number of halogens is 4. The van der Waals surface area contributed by atoms with Crippen LogP contribution in [0.3, 0.4) is 0 Å². The van der Waals surface area contributed by atoms with E-state index in [1.807, 2.05) is 26.0 Å². The van der Waals surface area contributed by atoms with Crippen LogP contribution in [0.25, 0.3) is 0 Å². The molecule has 0 bridgehead atoms. The van der Waals surface area contributed by atoms with Crippen molar-refractivity contribution in [1.29, 1.82) is 0 Å². The molecule has 3 rings (SSSR count). The summed E-state index contributed by atoms with van der Waals surface area (Å²) in [5.74, 6) is 0.556. The lowest BCUT2D eigenvalue weighted by Gasteiger charge is -2.19. The molecule has 1 unspecified atom stereocenters. The molecule has 0 saturated carbocycles. The quantitative estimate of drug-likeness (QED) is 0.416. The molecule has 0 spiro atoms. The van der Waals surface area contributed by atoms with Crippen LogP contribution >= 0.6 is 15.9 Å². The molecule has 11 heteroatoms. The Bertz CT molecular complexity index is 1210. The van der Waals surface area contributed by atoms with E-state index in [1.165, 1.54) is 19.2 Å². The van der Waals surface area contributed by atoms with Gasteiger partial charge in [0.05, 0.1) is 28.4 Å². The third kappa shape index (κ3) is 5.33. The average molecular weight is 532 g/mol. The Morgan fingerprint density at radius 2 is 1.84 bits per heavy atom. The molecule has 1 N–H and O–H groups in total. The lowest BCUT2D eigenvalue weighted by Crippen LogP contribution is -2.30. The Morgan fingerprint density at radius 3 is 2.44 bits per heavy atom. The zero-order chi connectivity index (χ0) is 23.7. The fourth-order valence-corrected chi connectivity index (χ4v) is 4.93. The zero-order valence-electron chi connectivity index (χ0n) is 17.4. The van der Waals surface area contributed by atoms with Gasteiger partial charge in [-0.3, -0.25) is 4.57 Å². The molecule has 0 saturated heterocycles. The van der Waals surface area contributed by atoms with Gasteiger partial charge in [0.1, 0.15) is 5.75 Å². The molecular formula is C21H21BrF3N3O3S. The number of hydrogen-bond donors (Lipinski definition) is 1. The van der Waals surface area contributed by atoms with Crippen LogP contribution in [0.1, 0.15) is 36.7 Å². The number of sulfonamides is 1. The predicted octanol–water partition coefficient (Wildman–Crippen LogP) is 5.82. The first-order chi connectivity index (χ1) is 14.9. The Hall–Kier alpha value is -2.37. The number of benzene rings is 2. The van der Waals surface area contributed by atoms with Crippen molar-refractivity contribution in [2.45, 2.75) is 44.4 Å². The second-order valence-electron chi connectivity index (χ2n) is 7.11. The maximum Gasteiger partial charge on any atom is 0.417 e. The Balaban J connectivity index is 1.90. The van der Waals surface area contributed by atoms with Crippen molar-refractivity contribution in [3.05, 3.63) is 70.0 Å². The minimum atomic E-state index is -4.84. The van der Waals surface area contributed by atoms with Crippen LogP contribution in [0.15, 0.2) is 58.0 Å². The topological polar surface area (TPSA) is 73.2 Å². The highest BCUT2D eigenvalue weighted by atomic mass is 79.9. The number of hydrogen-bond acceptors (Lipinski definition) is 4. The van der Waals surface area contributed by atoms with Gasteiger partial charge in [-0.05, 0) is 51.1 Å². The van der Waals surface area contributed by atoms with Crippen molar-refractivity contribution in [1.82, 2.24) is 14.3 Å². The van der Waals surface area contributed by atoms with Crippen molar-refractivity contribution >= 4 is 26.0 Å². The minimum absolute atomic E-state index is 0.124. The summed E-state index contributed by atoms with van der Waals surface area (Å²) < 4.78 is 75.9. The lowest BCUT2D eigenvalue weighted by molar-refractivity contribution is -0.139. The predicted molar refractivity (Wildman–Crippen MR) is 117 cm³/mol. The van der Waals surface area contributed by atoms with E-state index in [1.54, 1.807) is 16.7 Å². The molecule has 0 fully saturated rings. The molecule has 0 aliphatic carbocycles. The van der Waals surface area contributed by atoms with Crippen LogP contribution in [-0.4, -0.2) is 18.0 Å². The molecule has 1 heterocycles. The van der Waals surface area contributed by atoms with Crippen LogP contribution in [-0.2, 0) is 22.7 Å². The summed E-state index contributed by atoms with van der Waals surface area (Å²) in [5.41, 5.74) is 0.258. The second-order valence-corrected chi connectivity index (χ2v) is 9.70. The third-order valence-electron chi connectivity index (χ3n) is 4.71. The number of imidazole rings is 1. The molecule has 1 atom stereocenters. The fourth-order valence-electron chi connectivity index (χ4n) is 3.14. The summed E-state index contributed by atoms with van der Waals surface area (Å²) in [4.78, 5) is 3.37. The van der Waals surface area contributed by atoms with E-state index in [-0.39, 0.29) is 10.5 Å². The van der Waals surface area contributed by atoms with Crippen LogP contribution in [0.2, 0.25) is 0 Å². The molecule has 32 heavy (non-hydrogen) atoms. The molecule has 6 nitrogen and oxygen atoms in total. The van der Waals surface area contributed by atoms with Gasteiger partial charge in [-0.2, -0.15) is 13.2 Å². The van der Waals surface area contributed by atoms with Gasteiger partial charge in [-0.25, -0.2) is 18.1 Å². The number of nitrogens with zero attached hydrogens (tertiary/aromatic N) is 2. The summed E-state index contributed by atoms with van der Waals surface area (Å²) >= 11 is 2.96. The number of alkyl halides is 3. The first kappa shape index (κ1) is 24.3. The largest absolute Gasteiger partial charge is 0.426 e. The fraction of sp³-hybridized carbons (Fsp3) is 0.286. The zero-order valence-corrected chi connectivity index (χ0v) is 19.8. The average Bonchev–Trinajstić information content (AvgIpc) is 3.11. The summed E-state index contributed by atoms with van der Waals surface area (Å²) in [5, 5.41) is 0. The number of aryl methyl sites for hydroxylation is 1. The lowest BCUT2D eigenvalue weighted by atomic mass is 10.2. The summed E-state index contributed by atoms with van der Waals surface area (Å²) in [7, 11) is -4.49. The molecule has 3 aromatic rings. The van der Waals surface area contributed by atoms with Crippen molar-refractivity contribution in [3.8, 4) is 11.8 Å². The monoisotopic (exact) mass is 531 g/mol. The van der Waals surface area contributed by atoms with Gasteiger partial charge in [0.2, 0.25) is 10.0 Å². The number of nitrogens with one attached hydrogen (secondary N) is 1. The van der Waals surface area contributed by atoms with Crippen LogP contribution in [0.5, 0.6) is 11.8 Å². The van der Waals surface area contributed by atoms with E-state index >= 15 is 0 Å². The van der Waals surface area contributed by atoms with Crippen LogP contribution in [0.4, 0.5) is 13.2 Å². The van der Waals surface area contributed by atoms with Gasteiger partial charge in [0.15, 0.2) is 0 Å². The van der Waals surface area contributed by atoms with Gasteiger partial charge in [-0.1, -0.05) is 33.6 Å². The Morgan fingerprint density at radius 1 is 1.19 bits per heavy atom. The number of rotatable bonds is 7. The highest BCUT2D eigenvalue weighted by Gasteiger charge is 2.38. The molecule has 0 aliphatic rings. The maximum atomic E-state index is 13.4. The van der Waals surface area contributed by atoms with Gasteiger partial charge >= 0.3 is 12.2 Å². The minimum Gasteiger partial charge on any atom is -0.426 e. The summed E-state index contributed by atoms with van der Waals surface area (Å²) in [6.07, 6.45) is -3.40. The van der Waals surface area contributed by atoms with Crippen molar-refractivity contribution in [2.24, 2.45) is 0 Å². The van der Waals surface area contributed by atoms with E-state index in [2.05, 4.69) is 25.6 Å². The van der Waals surface area contributed by atoms with Gasteiger partial charge in [-0.15, -0.1) is 0 Å². The molecule has 0 amide bonds. The van der Waals surface area contributed by atoms with Gasteiger partial charge in [0, 0.05) is 11.0 Å². The van der Waals surface area contributed by atoms with Crippen molar-refractivity contribution in [2.75, 3.05) is 0 Å². The van der Waals surface area contributed by atoms with E-state index in [4.69, 9.17) is 4.74 Å². The number of aromatic nitrogens is 2. The van der Waals surface area contributed by atoms with Crippen molar-refractivity contribution in [3.63, 3.8) is 0 Å². The van der Waals surface area contributed by atoms with E-state index in [0.717, 1.165) is 17.7 Å². The van der Waals surface area contributed by atoms with E-state index in [0.29, 0.717) is 18.0 Å². The van der Waals surface area contributed by atoms with Crippen molar-refractivity contribution < 1.29 is 26.3 Å². The highest BCUT2D eigenvalue weighted by Crippen LogP contribution is 2.36. The molecule has 0 aliphatic heterocycles. The van der Waals surface area contributed by atoms with Gasteiger partial charge < -0.3 is 4.74 Å². The highest BCUT2D eigenvalue weighted by molar-refractivity contribution is 9.10. The first-order valence-electron chi connectivity index (χ1n) is 9.61. The summed E-state index contributed by atoms with van der Waals surface area (Å²) in [6, 6.07) is 9.60. The Labute approximate surface area is 192 Å². The summed E-state index contributed by atoms with van der Waals surface area (Å²) in [6.45, 7) is 5.71. The maximum absolute atomic E-state index is 13.4. The molecule has 172 valence electrons. The molecule has 2 aromatic carbocycles. The number of ether oxygens (including phenoxy) is 1. The Kier molecular flexibility index (Phi) is 7.01. The van der Waals surface area contributed by atoms with Crippen LogP contribution in [0, 0.1) is 6.92 Å². The SMILES string of the molecule is CCn1c(C(C)NS(=O)(=O)c2ccc(Br)cc2C(F)(F)F)cnc1Oc1ccc(C)cc1. The second kappa shape index (κ2) is 9.24. The van der Waals surface area contributed by atoms with E-state index < -0.39 is 32.7 Å². The van der Waals surface area contributed by atoms with E-state index in [9.17, 15) is 21.6 Å². The van der Waals surface area contributed by atoms with Gasteiger partial charge in [0.25, 0.3) is 0 Å².